The summed E-state index contributed by atoms with van der Waals surface area (Å²) in [5.41, 5.74) is 0.396. The number of halogens is 3. The van der Waals surface area contributed by atoms with E-state index >= 15 is 0 Å². The standard InChI is InChI=1S/C17H22F3NO4S/c18-17(19,20)13-25-15-7-5-14(6-8-15)11-26(23,24)12-16(22)21-9-3-1-2-4-10-21/h5-8H,1-4,9-13H2. The van der Waals surface area contributed by atoms with Crippen molar-refractivity contribution in [2.24, 2.45) is 0 Å². The maximum Gasteiger partial charge on any atom is 0.422 e. The van der Waals surface area contributed by atoms with Crippen molar-refractivity contribution >= 4 is 15.7 Å². The molecule has 0 unspecified atom stereocenters. The Morgan fingerprint density at radius 1 is 1.04 bits per heavy atom. The zero-order valence-electron chi connectivity index (χ0n) is 14.3. The summed E-state index contributed by atoms with van der Waals surface area (Å²) in [7, 11) is -3.66. The Kier molecular flexibility index (Phi) is 6.91. The highest BCUT2D eigenvalue weighted by molar-refractivity contribution is 7.91. The molecule has 0 saturated carbocycles. The summed E-state index contributed by atoms with van der Waals surface area (Å²) in [5.74, 6) is -1.29. The number of hydrogen-bond acceptors (Lipinski definition) is 4. The van der Waals surface area contributed by atoms with Crippen LogP contribution in [-0.4, -0.2) is 50.9 Å². The molecule has 0 N–H and O–H groups in total. The Morgan fingerprint density at radius 2 is 1.62 bits per heavy atom. The summed E-state index contributed by atoms with van der Waals surface area (Å²) in [6.07, 6.45) is -0.593. The first-order valence-electron chi connectivity index (χ1n) is 8.41. The fourth-order valence-electron chi connectivity index (χ4n) is 2.75. The van der Waals surface area contributed by atoms with Crippen molar-refractivity contribution in [3.63, 3.8) is 0 Å². The molecule has 1 heterocycles. The quantitative estimate of drug-likeness (QED) is 0.746. The van der Waals surface area contributed by atoms with Gasteiger partial charge in [-0.05, 0) is 30.5 Å². The van der Waals surface area contributed by atoms with Crippen LogP contribution in [0.2, 0.25) is 0 Å². The number of carbonyl (C=O) groups excluding carboxylic acids is 1. The minimum absolute atomic E-state index is 0.00381. The zero-order chi connectivity index (χ0) is 19.2. The number of ether oxygens (including phenoxy) is 1. The predicted molar refractivity (Wildman–Crippen MR) is 90.5 cm³/mol. The number of nitrogens with zero attached hydrogens (tertiary/aromatic N) is 1. The van der Waals surface area contributed by atoms with E-state index in [2.05, 4.69) is 4.74 Å². The number of amides is 1. The predicted octanol–water partition coefficient (Wildman–Crippen LogP) is 2.95. The maximum absolute atomic E-state index is 12.3. The number of likely N-dealkylation sites (tertiary alicyclic amines) is 1. The van der Waals surface area contributed by atoms with Crippen LogP contribution >= 0.6 is 0 Å². The van der Waals surface area contributed by atoms with Gasteiger partial charge in [0.2, 0.25) is 5.91 Å². The van der Waals surface area contributed by atoms with Gasteiger partial charge in [0, 0.05) is 13.1 Å². The van der Waals surface area contributed by atoms with E-state index in [1.807, 2.05) is 0 Å². The number of benzene rings is 1. The van der Waals surface area contributed by atoms with Gasteiger partial charge >= 0.3 is 6.18 Å². The van der Waals surface area contributed by atoms with Gasteiger partial charge in [0.05, 0.1) is 5.75 Å². The second-order valence-electron chi connectivity index (χ2n) is 6.38. The van der Waals surface area contributed by atoms with Gasteiger partial charge in [-0.25, -0.2) is 8.42 Å². The number of carbonyl (C=O) groups is 1. The van der Waals surface area contributed by atoms with Crippen LogP contribution in [0.5, 0.6) is 5.75 Å². The SMILES string of the molecule is O=C(CS(=O)(=O)Cc1ccc(OCC(F)(F)F)cc1)N1CCCCCC1. The zero-order valence-corrected chi connectivity index (χ0v) is 15.1. The van der Waals surface area contributed by atoms with Crippen molar-refractivity contribution in [2.75, 3.05) is 25.4 Å². The van der Waals surface area contributed by atoms with Gasteiger partial charge in [-0.3, -0.25) is 4.79 Å². The first kappa shape index (κ1) is 20.5. The van der Waals surface area contributed by atoms with Crippen LogP contribution < -0.4 is 4.74 Å². The third-order valence-corrected chi connectivity index (χ3v) is 5.47. The van der Waals surface area contributed by atoms with E-state index in [4.69, 9.17) is 0 Å². The van der Waals surface area contributed by atoms with Crippen molar-refractivity contribution in [1.29, 1.82) is 0 Å². The minimum Gasteiger partial charge on any atom is -0.484 e. The molecule has 0 aromatic heterocycles. The Labute approximate surface area is 151 Å². The highest BCUT2D eigenvalue weighted by Crippen LogP contribution is 2.20. The summed E-state index contributed by atoms with van der Waals surface area (Å²) in [4.78, 5) is 13.8. The second kappa shape index (κ2) is 8.75. The molecule has 1 saturated heterocycles. The Balaban J connectivity index is 1.90. The highest BCUT2D eigenvalue weighted by atomic mass is 32.2. The third-order valence-electron chi connectivity index (χ3n) is 4.01. The molecular weight excluding hydrogens is 371 g/mol. The topological polar surface area (TPSA) is 63.7 Å². The minimum atomic E-state index is -4.43. The number of hydrogen-bond donors (Lipinski definition) is 0. The largest absolute Gasteiger partial charge is 0.484 e. The average molecular weight is 393 g/mol. The molecule has 0 spiro atoms. The average Bonchev–Trinajstić information content (AvgIpc) is 2.82. The Hall–Kier alpha value is -1.77. The Morgan fingerprint density at radius 3 is 2.15 bits per heavy atom. The molecule has 1 aromatic carbocycles. The van der Waals surface area contributed by atoms with Gasteiger partial charge in [-0.1, -0.05) is 25.0 Å². The van der Waals surface area contributed by atoms with Crippen LogP contribution in [0.25, 0.3) is 0 Å². The summed E-state index contributed by atoms with van der Waals surface area (Å²) >= 11 is 0. The molecule has 146 valence electrons. The summed E-state index contributed by atoms with van der Waals surface area (Å²) in [6.45, 7) is -0.242. The molecule has 26 heavy (non-hydrogen) atoms. The van der Waals surface area contributed by atoms with Crippen LogP contribution in [0.15, 0.2) is 24.3 Å². The van der Waals surface area contributed by atoms with E-state index in [-0.39, 0.29) is 11.5 Å². The molecule has 0 aliphatic carbocycles. The number of rotatable bonds is 6. The molecule has 2 rings (SSSR count). The lowest BCUT2D eigenvalue weighted by Crippen LogP contribution is -2.36. The van der Waals surface area contributed by atoms with E-state index in [0.29, 0.717) is 18.7 Å². The summed E-state index contributed by atoms with van der Waals surface area (Å²) in [6, 6.07) is 5.35. The Bertz CT molecular complexity index is 694. The van der Waals surface area contributed by atoms with Gasteiger partial charge in [0.15, 0.2) is 16.4 Å². The van der Waals surface area contributed by atoms with Gasteiger partial charge in [-0.2, -0.15) is 13.2 Å². The fourth-order valence-corrected chi connectivity index (χ4v) is 4.11. The smallest absolute Gasteiger partial charge is 0.422 e. The molecular formula is C17H22F3NO4S. The van der Waals surface area contributed by atoms with Crippen molar-refractivity contribution in [3.05, 3.63) is 29.8 Å². The van der Waals surface area contributed by atoms with Crippen LogP contribution in [0.3, 0.4) is 0 Å². The first-order chi connectivity index (χ1) is 12.1. The molecule has 1 aromatic rings. The van der Waals surface area contributed by atoms with E-state index < -0.39 is 34.3 Å². The molecule has 1 aliphatic heterocycles. The number of sulfone groups is 1. The van der Waals surface area contributed by atoms with Crippen LogP contribution in [0, 0.1) is 0 Å². The summed E-state index contributed by atoms with van der Waals surface area (Å²) < 4.78 is 65.4. The second-order valence-corrected chi connectivity index (χ2v) is 8.44. The van der Waals surface area contributed by atoms with E-state index in [9.17, 15) is 26.4 Å². The van der Waals surface area contributed by atoms with Crippen LogP contribution in [0.4, 0.5) is 13.2 Å². The lowest BCUT2D eigenvalue weighted by atomic mass is 10.2. The summed E-state index contributed by atoms with van der Waals surface area (Å²) in [5, 5.41) is 0. The van der Waals surface area contributed by atoms with Crippen molar-refractivity contribution in [1.82, 2.24) is 4.90 Å². The molecule has 0 radical (unpaired) electrons. The monoisotopic (exact) mass is 393 g/mol. The highest BCUT2D eigenvalue weighted by Gasteiger charge is 2.28. The fraction of sp³-hybridized carbons (Fsp3) is 0.588. The normalized spacial score (nSPS) is 16.2. The van der Waals surface area contributed by atoms with Crippen molar-refractivity contribution < 1.29 is 31.1 Å². The van der Waals surface area contributed by atoms with Gasteiger partial charge < -0.3 is 9.64 Å². The molecule has 1 aliphatic rings. The maximum atomic E-state index is 12.3. The van der Waals surface area contributed by atoms with E-state index in [1.165, 1.54) is 24.3 Å². The molecule has 1 amide bonds. The van der Waals surface area contributed by atoms with Crippen LogP contribution in [-0.2, 0) is 20.4 Å². The molecule has 5 nitrogen and oxygen atoms in total. The molecule has 0 bridgehead atoms. The number of alkyl halides is 3. The van der Waals surface area contributed by atoms with Gasteiger partial charge in [-0.15, -0.1) is 0 Å². The lowest BCUT2D eigenvalue weighted by Gasteiger charge is -2.20. The molecule has 9 heteroatoms. The van der Waals surface area contributed by atoms with Gasteiger partial charge in [0.25, 0.3) is 0 Å². The third kappa shape index (κ3) is 7.23. The molecule has 0 atom stereocenters. The lowest BCUT2D eigenvalue weighted by molar-refractivity contribution is -0.153. The van der Waals surface area contributed by atoms with E-state index in [0.717, 1.165) is 25.7 Å². The van der Waals surface area contributed by atoms with Crippen LogP contribution in [0.1, 0.15) is 31.2 Å². The van der Waals surface area contributed by atoms with Crippen molar-refractivity contribution in [2.45, 2.75) is 37.6 Å². The van der Waals surface area contributed by atoms with E-state index in [1.54, 1.807) is 4.90 Å². The van der Waals surface area contributed by atoms with Gasteiger partial charge in [0.1, 0.15) is 11.5 Å². The van der Waals surface area contributed by atoms with Crippen molar-refractivity contribution in [3.8, 4) is 5.75 Å². The molecule has 1 fully saturated rings. The first-order valence-corrected chi connectivity index (χ1v) is 10.2.